The van der Waals surface area contributed by atoms with Gasteiger partial charge in [-0.1, -0.05) is 27.7 Å². The van der Waals surface area contributed by atoms with Crippen LogP contribution >= 0.6 is 21.6 Å². The van der Waals surface area contributed by atoms with Crippen LogP contribution in [0, 0.1) is 20.8 Å². The van der Waals surface area contributed by atoms with Gasteiger partial charge >= 0.3 is 18.1 Å². The molecule has 0 fully saturated rings. The number of carboxylic acids is 2. The topological polar surface area (TPSA) is 104 Å². The number of aryl methyl sites for hydroxylation is 3. The van der Waals surface area contributed by atoms with E-state index in [0.29, 0.717) is 12.3 Å². The number of carbonyl (C=O) groups excluding carboxylic acids is 1. The van der Waals surface area contributed by atoms with Crippen LogP contribution in [0.4, 0.5) is 13.2 Å². The summed E-state index contributed by atoms with van der Waals surface area (Å²) in [4.78, 5) is 31.3. The molecule has 1 aromatic carbocycles. The first-order valence-corrected chi connectivity index (χ1v) is 10.5. The summed E-state index contributed by atoms with van der Waals surface area (Å²) in [5.41, 5.74) is 4.01. The van der Waals surface area contributed by atoms with Crippen molar-refractivity contribution in [3.8, 4) is 0 Å². The molecular weight excluding hydrogens is 419 g/mol. The fraction of sp³-hybridized carbons (Fsp3) is 0.471. The van der Waals surface area contributed by atoms with Crippen LogP contribution in [0.3, 0.4) is 0 Å². The predicted octanol–water partition coefficient (Wildman–Crippen LogP) is 3.83. The smallest absolute Gasteiger partial charge is 0.481 e. The van der Waals surface area contributed by atoms with Gasteiger partial charge in [0.05, 0.1) is 6.42 Å². The maximum atomic E-state index is 12.1. The molecule has 0 atom stereocenters. The van der Waals surface area contributed by atoms with Gasteiger partial charge in [-0.15, -0.1) is 0 Å². The van der Waals surface area contributed by atoms with Gasteiger partial charge in [0.15, 0.2) is 0 Å². The van der Waals surface area contributed by atoms with Crippen molar-refractivity contribution in [2.24, 2.45) is 0 Å². The maximum absolute atomic E-state index is 12.1. The molecule has 0 radical (unpaired) electrons. The number of hydrogen-bond donors (Lipinski definition) is 3. The average molecular weight is 441 g/mol. The Kier molecular flexibility index (Phi) is 11.7. The summed E-state index contributed by atoms with van der Waals surface area (Å²) in [5.74, 6) is -2.23. The monoisotopic (exact) mass is 441 g/mol. The van der Waals surface area contributed by atoms with E-state index in [2.05, 4.69) is 5.32 Å². The molecule has 0 aliphatic heterocycles. The summed E-state index contributed by atoms with van der Waals surface area (Å²) in [6, 6.07) is 3.95. The number of alkyl halides is 3. The van der Waals surface area contributed by atoms with E-state index in [-0.39, 0.29) is 12.3 Å². The van der Waals surface area contributed by atoms with Crippen molar-refractivity contribution < 1.29 is 37.8 Å². The molecule has 0 aliphatic carbocycles. The first-order chi connectivity index (χ1) is 12.9. The van der Waals surface area contributed by atoms with E-state index in [1.165, 1.54) is 16.4 Å². The maximum Gasteiger partial charge on any atom is 0.490 e. The van der Waals surface area contributed by atoms with Gasteiger partial charge in [0.25, 0.3) is 5.91 Å². The molecule has 0 saturated heterocycles. The van der Waals surface area contributed by atoms with Gasteiger partial charge in [0.1, 0.15) is 0 Å². The van der Waals surface area contributed by atoms with Gasteiger partial charge in [-0.2, -0.15) is 13.2 Å². The number of halogens is 3. The highest BCUT2D eigenvalue weighted by Gasteiger charge is 2.38. The van der Waals surface area contributed by atoms with E-state index in [4.69, 9.17) is 15.0 Å². The third-order valence-corrected chi connectivity index (χ3v) is 5.69. The number of nitrogens with one attached hydrogen (secondary N) is 1. The lowest BCUT2D eigenvalue weighted by Gasteiger charge is -2.10. The van der Waals surface area contributed by atoms with Crippen LogP contribution in [0.5, 0.6) is 0 Å². The van der Waals surface area contributed by atoms with Crippen LogP contribution in [-0.4, -0.2) is 52.3 Å². The molecule has 28 heavy (non-hydrogen) atoms. The van der Waals surface area contributed by atoms with E-state index in [0.717, 1.165) is 22.4 Å². The lowest BCUT2D eigenvalue weighted by atomic mass is 10.0. The molecule has 0 unspecified atom stereocenters. The highest BCUT2D eigenvalue weighted by molar-refractivity contribution is 8.76. The molecule has 11 heteroatoms. The Balaban J connectivity index is 0.000000887. The van der Waals surface area contributed by atoms with Gasteiger partial charge < -0.3 is 15.5 Å². The fourth-order valence-corrected chi connectivity index (χ4v) is 3.64. The minimum atomic E-state index is -5.08. The molecule has 3 N–H and O–H groups in total. The second-order valence-corrected chi connectivity index (χ2v) is 8.30. The number of amides is 1. The van der Waals surface area contributed by atoms with Crippen LogP contribution in [0.25, 0.3) is 0 Å². The first-order valence-electron chi connectivity index (χ1n) is 7.98. The van der Waals surface area contributed by atoms with E-state index in [1.54, 1.807) is 10.8 Å². The first kappa shape index (κ1) is 26.1. The number of hydrogen-bond acceptors (Lipinski definition) is 5. The lowest BCUT2D eigenvalue weighted by Crippen LogP contribution is -2.26. The molecule has 158 valence electrons. The summed E-state index contributed by atoms with van der Waals surface area (Å²) < 4.78 is 31.7. The van der Waals surface area contributed by atoms with Gasteiger partial charge in [-0.25, -0.2) is 4.79 Å². The summed E-state index contributed by atoms with van der Waals surface area (Å²) in [6.07, 6.45) is -4.91. The normalized spacial score (nSPS) is 10.6. The summed E-state index contributed by atoms with van der Waals surface area (Å²) in [6.45, 7) is 6.56. The van der Waals surface area contributed by atoms with Gasteiger partial charge in [0, 0.05) is 23.6 Å². The molecule has 0 bridgehead atoms. The zero-order valence-electron chi connectivity index (χ0n) is 15.6. The van der Waals surface area contributed by atoms with E-state index >= 15 is 0 Å². The Hall–Kier alpha value is -1.88. The molecule has 1 rings (SSSR count). The Labute approximate surface area is 168 Å². The predicted molar refractivity (Wildman–Crippen MR) is 104 cm³/mol. The van der Waals surface area contributed by atoms with Crippen molar-refractivity contribution in [2.75, 3.05) is 18.1 Å². The highest BCUT2D eigenvalue weighted by Crippen LogP contribution is 2.21. The zero-order chi connectivity index (χ0) is 21.9. The van der Waals surface area contributed by atoms with Crippen molar-refractivity contribution in [1.29, 1.82) is 0 Å². The molecule has 1 amide bonds. The SMILES string of the molecule is Cc1cc(C)c(C(=O)NCCSSCCC(=O)O)cc1C.O=C(O)C(F)(F)F. The average Bonchev–Trinajstić information content (AvgIpc) is 2.56. The van der Waals surface area contributed by atoms with Crippen molar-refractivity contribution >= 4 is 39.4 Å². The molecule has 0 heterocycles. The second kappa shape index (κ2) is 12.6. The van der Waals surface area contributed by atoms with Crippen LogP contribution in [0.15, 0.2) is 12.1 Å². The summed E-state index contributed by atoms with van der Waals surface area (Å²) in [7, 11) is 3.10. The number of carbonyl (C=O) groups is 3. The largest absolute Gasteiger partial charge is 0.490 e. The molecule has 6 nitrogen and oxygen atoms in total. The summed E-state index contributed by atoms with van der Waals surface area (Å²) in [5, 5.41) is 18.5. The quantitative estimate of drug-likeness (QED) is 0.416. The van der Waals surface area contributed by atoms with Crippen LogP contribution < -0.4 is 5.32 Å². The number of benzene rings is 1. The highest BCUT2D eigenvalue weighted by atomic mass is 33.1. The second-order valence-electron chi connectivity index (χ2n) is 5.60. The van der Waals surface area contributed by atoms with Gasteiger partial charge in [-0.3, -0.25) is 9.59 Å². The van der Waals surface area contributed by atoms with Crippen molar-refractivity contribution in [2.45, 2.75) is 33.4 Å². The molecule has 1 aromatic rings. The van der Waals surface area contributed by atoms with Gasteiger partial charge in [-0.05, 0) is 43.5 Å². The number of aliphatic carboxylic acids is 2. The van der Waals surface area contributed by atoms with Gasteiger partial charge in [0.2, 0.25) is 0 Å². The third kappa shape index (κ3) is 11.1. The van der Waals surface area contributed by atoms with Crippen LogP contribution in [-0.2, 0) is 9.59 Å². The van der Waals surface area contributed by atoms with Crippen LogP contribution in [0.1, 0.15) is 33.5 Å². The van der Waals surface area contributed by atoms with E-state index in [1.807, 2.05) is 32.9 Å². The Bertz CT molecular complexity index is 696. The Morgan fingerprint density at radius 2 is 1.46 bits per heavy atom. The third-order valence-electron chi connectivity index (χ3n) is 3.28. The Morgan fingerprint density at radius 1 is 0.964 bits per heavy atom. The van der Waals surface area contributed by atoms with E-state index < -0.39 is 18.1 Å². The van der Waals surface area contributed by atoms with Crippen molar-refractivity contribution in [3.05, 3.63) is 34.4 Å². The Morgan fingerprint density at radius 3 is 1.96 bits per heavy atom. The standard InChI is InChI=1S/C15H21NO3S2.C2HF3O2/c1-10-8-12(3)13(9-11(10)2)15(19)16-5-7-21-20-6-4-14(17)18;3-2(4,5)1(6)7/h8-9H,4-7H2,1-3H3,(H,16,19)(H,17,18);(H,6,7). The summed E-state index contributed by atoms with van der Waals surface area (Å²) >= 11 is 0. The van der Waals surface area contributed by atoms with Crippen LogP contribution in [0.2, 0.25) is 0 Å². The molecule has 0 saturated carbocycles. The molecule has 0 aromatic heterocycles. The van der Waals surface area contributed by atoms with Crippen molar-refractivity contribution in [3.63, 3.8) is 0 Å². The number of carboxylic acid groups (broad SMARTS) is 2. The lowest BCUT2D eigenvalue weighted by molar-refractivity contribution is -0.192. The molecule has 0 spiro atoms. The molecule has 0 aliphatic rings. The minimum Gasteiger partial charge on any atom is -0.481 e. The fourth-order valence-electron chi connectivity index (χ4n) is 1.75. The minimum absolute atomic E-state index is 0.0493. The molecular formula is C17H22F3NO5S2. The zero-order valence-corrected chi connectivity index (χ0v) is 17.2. The van der Waals surface area contributed by atoms with Crippen molar-refractivity contribution in [1.82, 2.24) is 5.32 Å². The van der Waals surface area contributed by atoms with E-state index in [9.17, 15) is 22.8 Å². The number of rotatable bonds is 8.